The van der Waals surface area contributed by atoms with Crippen LogP contribution >= 0.6 is 46.6 Å². The number of thioether (sulfide) groups is 1. The van der Waals surface area contributed by atoms with Gasteiger partial charge in [0.2, 0.25) is 0 Å². The Morgan fingerprint density at radius 3 is 2.36 bits per heavy atom. The van der Waals surface area contributed by atoms with Crippen molar-refractivity contribution in [2.75, 3.05) is 0 Å². The third-order valence-corrected chi connectivity index (χ3v) is 6.33. The van der Waals surface area contributed by atoms with Crippen molar-refractivity contribution in [2.45, 2.75) is 6.54 Å². The fourth-order valence-electron chi connectivity index (χ4n) is 3.05. The van der Waals surface area contributed by atoms with Crippen LogP contribution in [0.5, 0.6) is 5.75 Å². The monoisotopic (exact) mass is 517 g/mol. The summed E-state index contributed by atoms with van der Waals surface area (Å²) in [5, 5.41) is 0.793. The van der Waals surface area contributed by atoms with Gasteiger partial charge in [-0.25, -0.2) is 4.79 Å². The van der Waals surface area contributed by atoms with Crippen molar-refractivity contribution in [3.8, 4) is 5.75 Å². The lowest BCUT2D eigenvalue weighted by Gasteiger charge is -2.12. The van der Waals surface area contributed by atoms with E-state index in [1.54, 1.807) is 60.7 Å². The molecule has 3 aromatic rings. The maximum Gasteiger partial charge on any atom is 0.345 e. The topological polar surface area (TPSA) is 63.7 Å². The summed E-state index contributed by atoms with van der Waals surface area (Å²) in [6, 6.07) is 18.0. The lowest BCUT2D eigenvalue weighted by atomic mass is 10.2. The van der Waals surface area contributed by atoms with E-state index < -0.39 is 5.97 Å². The Morgan fingerprint density at radius 1 is 0.939 bits per heavy atom. The molecule has 0 unspecified atom stereocenters. The third kappa shape index (κ3) is 5.60. The summed E-state index contributed by atoms with van der Waals surface area (Å²) in [7, 11) is 0. The Balaban J connectivity index is 1.44. The van der Waals surface area contributed by atoms with Crippen molar-refractivity contribution in [3.63, 3.8) is 0 Å². The van der Waals surface area contributed by atoms with Crippen LogP contribution < -0.4 is 4.74 Å². The molecule has 5 nitrogen and oxygen atoms in total. The van der Waals surface area contributed by atoms with Gasteiger partial charge < -0.3 is 4.74 Å². The summed E-state index contributed by atoms with van der Waals surface area (Å²) in [5.41, 5.74) is 1.63. The molecule has 0 atom stereocenters. The summed E-state index contributed by atoms with van der Waals surface area (Å²) < 4.78 is 5.34. The summed E-state index contributed by atoms with van der Waals surface area (Å²) in [6.07, 6.45) is 1.62. The van der Waals surface area contributed by atoms with Crippen LogP contribution in [0.15, 0.2) is 71.6 Å². The molecule has 1 fully saturated rings. The molecule has 0 saturated carbocycles. The number of nitrogens with zero attached hydrogens (tertiary/aromatic N) is 1. The molecule has 33 heavy (non-hydrogen) atoms. The molecule has 0 N–H and O–H groups in total. The standard InChI is InChI=1S/C24H14Cl3NO4S/c25-16-3-1-2-15(10-16)13-28-22(29)21(33-24(28)31)11-14-4-7-18(8-5-14)32-23(30)19-9-6-17(26)12-20(19)27/h1-12H,13H2/b21-11-. The van der Waals surface area contributed by atoms with Gasteiger partial charge in [0.05, 0.1) is 22.0 Å². The molecular weight excluding hydrogens is 505 g/mol. The molecule has 2 amide bonds. The van der Waals surface area contributed by atoms with Crippen LogP contribution in [0, 0.1) is 0 Å². The number of rotatable bonds is 5. The molecule has 1 aliphatic heterocycles. The van der Waals surface area contributed by atoms with Crippen LogP contribution in [0.1, 0.15) is 21.5 Å². The highest BCUT2D eigenvalue weighted by molar-refractivity contribution is 8.18. The zero-order chi connectivity index (χ0) is 23.5. The quantitative estimate of drug-likeness (QED) is 0.205. The Bertz CT molecular complexity index is 1290. The number of esters is 1. The predicted molar refractivity (Wildman–Crippen MR) is 131 cm³/mol. The molecule has 1 aliphatic rings. The first-order chi connectivity index (χ1) is 15.8. The first-order valence-corrected chi connectivity index (χ1v) is 11.5. The van der Waals surface area contributed by atoms with Gasteiger partial charge in [0.25, 0.3) is 11.1 Å². The van der Waals surface area contributed by atoms with Gasteiger partial charge in [0.1, 0.15) is 5.75 Å². The number of benzene rings is 3. The molecule has 1 saturated heterocycles. The van der Waals surface area contributed by atoms with Gasteiger partial charge >= 0.3 is 5.97 Å². The lowest BCUT2D eigenvalue weighted by Crippen LogP contribution is -2.27. The zero-order valence-electron chi connectivity index (χ0n) is 16.8. The minimum atomic E-state index is -0.619. The number of carbonyl (C=O) groups excluding carboxylic acids is 3. The highest BCUT2D eigenvalue weighted by atomic mass is 35.5. The van der Waals surface area contributed by atoms with E-state index in [1.165, 1.54) is 17.0 Å². The highest BCUT2D eigenvalue weighted by Gasteiger charge is 2.35. The van der Waals surface area contributed by atoms with Crippen molar-refractivity contribution in [1.82, 2.24) is 4.90 Å². The maximum absolute atomic E-state index is 12.7. The summed E-state index contributed by atoms with van der Waals surface area (Å²) in [6.45, 7) is 0.144. The van der Waals surface area contributed by atoms with E-state index in [9.17, 15) is 14.4 Å². The van der Waals surface area contributed by atoms with Crippen molar-refractivity contribution < 1.29 is 19.1 Å². The molecule has 1 heterocycles. The fourth-order valence-corrected chi connectivity index (χ4v) is 4.59. The molecular formula is C24H14Cl3NO4S. The molecule has 0 aliphatic carbocycles. The maximum atomic E-state index is 12.7. The molecule has 0 spiro atoms. The summed E-state index contributed by atoms with van der Waals surface area (Å²) in [5.74, 6) is -0.693. The largest absolute Gasteiger partial charge is 0.423 e. The van der Waals surface area contributed by atoms with Crippen LogP contribution in [-0.2, 0) is 11.3 Å². The Labute approximate surface area is 208 Å². The highest BCUT2D eigenvalue weighted by Crippen LogP contribution is 2.34. The Kier molecular flexibility index (Phi) is 7.10. The number of halogens is 3. The minimum Gasteiger partial charge on any atom is -0.423 e. The first kappa shape index (κ1) is 23.4. The van der Waals surface area contributed by atoms with E-state index in [-0.39, 0.29) is 28.3 Å². The predicted octanol–water partition coefficient (Wildman–Crippen LogP) is 7.10. The Morgan fingerprint density at radius 2 is 1.67 bits per heavy atom. The lowest BCUT2D eigenvalue weighted by molar-refractivity contribution is -0.123. The average molecular weight is 519 g/mol. The van der Waals surface area contributed by atoms with Crippen LogP contribution in [0.3, 0.4) is 0 Å². The molecule has 0 aromatic heterocycles. The molecule has 0 bridgehead atoms. The molecule has 3 aromatic carbocycles. The van der Waals surface area contributed by atoms with E-state index in [2.05, 4.69) is 0 Å². The molecule has 9 heteroatoms. The number of hydrogen-bond donors (Lipinski definition) is 0. The van der Waals surface area contributed by atoms with Gasteiger partial charge in [-0.3, -0.25) is 14.5 Å². The van der Waals surface area contributed by atoms with E-state index in [4.69, 9.17) is 39.5 Å². The zero-order valence-corrected chi connectivity index (χ0v) is 19.8. The second-order valence-electron chi connectivity index (χ2n) is 6.98. The Hall–Kier alpha value is -2.77. The molecule has 4 rings (SSSR count). The SMILES string of the molecule is O=C(Oc1ccc(/C=C2\SC(=O)N(Cc3cccc(Cl)c3)C2=O)cc1)c1ccc(Cl)cc1Cl. The molecule has 166 valence electrons. The normalized spacial score (nSPS) is 14.8. The van der Waals surface area contributed by atoms with Crippen LogP contribution in [0.2, 0.25) is 15.1 Å². The van der Waals surface area contributed by atoms with Gasteiger partial charge in [-0.15, -0.1) is 0 Å². The summed E-state index contributed by atoms with van der Waals surface area (Å²) in [4.78, 5) is 38.9. The summed E-state index contributed by atoms with van der Waals surface area (Å²) >= 11 is 18.7. The van der Waals surface area contributed by atoms with Crippen LogP contribution in [-0.4, -0.2) is 22.0 Å². The van der Waals surface area contributed by atoms with Gasteiger partial charge in [-0.2, -0.15) is 0 Å². The number of imide groups is 1. The second kappa shape index (κ2) is 10.0. The van der Waals surface area contributed by atoms with Crippen LogP contribution in [0.25, 0.3) is 6.08 Å². The van der Waals surface area contributed by atoms with Crippen molar-refractivity contribution in [2.24, 2.45) is 0 Å². The number of hydrogen-bond acceptors (Lipinski definition) is 5. The van der Waals surface area contributed by atoms with Crippen LogP contribution in [0.4, 0.5) is 4.79 Å². The van der Waals surface area contributed by atoms with Crippen molar-refractivity contribution in [3.05, 3.63) is 103 Å². The van der Waals surface area contributed by atoms with Gasteiger partial charge in [0.15, 0.2) is 0 Å². The smallest absolute Gasteiger partial charge is 0.345 e. The van der Waals surface area contributed by atoms with Gasteiger partial charge in [-0.1, -0.05) is 59.1 Å². The van der Waals surface area contributed by atoms with Crippen molar-refractivity contribution in [1.29, 1.82) is 0 Å². The average Bonchev–Trinajstić information content (AvgIpc) is 3.02. The van der Waals surface area contributed by atoms with E-state index in [0.29, 0.717) is 26.3 Å². The molecule has 0 radical (unpaired) electrons. The fraction of sp³-hybridized carbons (Fsp3) is 0.0417. The van der Waals surface area contributed by atoms with E-state index >= 15 is 0 Å². The number of carbonyl (C=O) groups is 3. The van der Waals surface area contributed by atoms with Gasteiger partial charge in [-0.05, 0) is 71.4 Å². The minimum absolute atomic E-state index is 0.144. The first-order valence-electron chi connectivity index (χ1n) is 9.57. The van der Waals surface area contributed by atoms with Gasteiger partial charge in [0, 0.05) is 10.0 Å². The number of amides is 2. The third-order valence-electron chi connectivity index (χ3n) is 4.64. The van der Waals surface area contributed by atoms with E-state index in [0.717, 1.165) is 17.3 Å². The van der Waals surface area contributed by atoms with E-state index in [1.807, 2.05) is 0 Å². The number of ether oxygens (including phenoxy) is 1. The van der Waals surface area contributed by atoms with Crippen molar-refractivity contribution >= 4 is 69.8 Å². The second-order valence-corrected chi connectivity index (χ2v) is 9.25.